The molecule has 1 N–H and O–H groups in total. The van der Waals surface area contributed by atoms with E-state index in [1.807, 2.05) is 11.6 Å². The monoisotopic (exact) mass is 260 g/mol. The average Bonchev–Trinajstić information content (AvgIpc) is 2.63. The fraction of sp³-hybridized carbons (Fsp3) is 0.385. The maximum absolute atomic E-state index is 5.16. The van der Waals surface area contributed by atoms with Gasteiger partial charge in [-0.15, -0.1) is 5.10 Å². The first-order chi connectivity index (χ1) is 8.75. The molecule has 1 aliphatic rings. The topological polar surface area (TPSA) is 36.9 Å². The fourth-order valence-corrected chi connectivity index (χ4v) is 2.62. The molecule has 2 heterocycles. The maximum atomic E-state index is 5.16. The molecule has 1 aromatic carbocycles. The number of anilines is 1. The van der Waals surface area contributed by atoms with Crippen LogP contribution in [0.2, 0.25) is 0 Å². The molecule has 0 spiro atoms. The van der Waals surface area contributed by atoms with Crippen molar-refractivity contribution in [2.75, 3.05) is 18.0 Å². The van der Waals surface area contributed by atoms with Gasteiger partial charge < -0.3 is 4.90 Å². The zero-order chi connectivity index (χ0) is 12.5. The summed E-state index contributed by atoms with van der Waals surface area (Å²) < 4.78 is 2.61. The highest BCUT2D eigenvalue weighted by Crippen LogP contribution is 2.19. The van der Waals surface area contributed by atoms with Gasteiger partial charge in [-0.3, -0.25) is 4.57 Å². The lowest BCUT2D eigenvalue weighted by Gasteiger charge is -2.20. The summed E-state index contributed by atoms with van der Waals surface area (Å²) in [5, 5.41) is 7.17. The maximum Gasteiger partial charge on any atom is 0.225 e. The van der Waals surface area contributed by atoms with Crippen LogP contribution in [0.25, 0.3) is 0 Å². The highest BCUT2D eigenvalue weighted by Gasteiger charge is 2.17. The Kier molecular flexibility index (Phi) is 2.91. The van der Waals surface area contributed by atoms with Gasteiger partial charge in [-0.25, -0.2) is 5.10 Å². The molecule has 0 atom stereocenters. The second-order valence-corrected chi connectivity index (χ2v) is 5.03. The number of hydrogen-bond donors (Lipinski definition) is 1. The predicted octanol–water partition coefficient (Wildman–Crippen LogP) is 2.08. The lowest BCUT2D eigenvalue weighted by Crippen LogP contribution is -2.28. The normalized spacial score (nSPS) is 15.3. The van der Waals surface area contributed by atoms with Gasteiger partial charge >= 0.3 is 0 Å². The van der Waals surface area contributed by atoms with Crippen molar-refractivity contribution < 1.29 is 0 Å². The molecule has 0 bridgehead atoms. The molecule has 1 aliphatic heterocycles. The minimum absolute atomic E-state index is 0.673. The molecule has 0 aliphatic carbocycles. The Morgan fingerprint density at radius 3 is 2.28 bits per heavy atom. The van der Waals surface area contributed by atoms with Gasteiger partial charge in [-0.1, -0.05) is 24.3 Å². The molecule has 0 fully saturated rings. The molecule has 0 unspecified atom stereocenters. The third kappa shape index (κ3) is 1.95. The van der Waals surface area contributed by atoms with Gasteiger partial charge in [0.15, 0.2) is 4.77 Å². The summed E-state index contributed by atoms with van der Waals surface area (Å²) >= 11 is 5.16. The number of aromatic amines is 1. The Morgan fingerprint density at radius 1 is 1.17 bits per heavy atom. The first kappa shape index (κ1) is 11.5. The van der Waals surface area contributed by atoms with Crippen LogP contribution in [0.3, 0.4) is 0 Å². The smallest absolute Gasteiger partial charge is 0.225 e. The second kappa shape index (κ2) is 4.57. The van der Waals surface area contributed by atoms with E-state index in [0.717, 1.165) is 31.9 Å². The molecule has 1 aromatic heterocycles. The van der Waals surface area contributed by atoms with Gasteiger partial charge in [0.25, 0.3) is 0 Å². The molecule has 2 aromatic rings. The Bertz CT molecular complexity index is 586. The van der Waals surface area contributed by atoms with Crippen molar-refractivity contribution in [3.05, 3.63) is 40.2 Å². The summed E-state index contributed by atoms with van der Waals surface area (Å²) in [6, 6.07) is 8.68. The number of H-pyrrole nitrogens is 1. The summed E-state index contributed by atoms with van der Waals surface area (Å²) in [7, 11) is 1.96. The molecular formula is C13H16N4S. The molecule has 18 heavy (non-hydrogen) atoms. The lowest BCUT2D eigenvalue weighted by atomic mass is 10.0. The van der Waals surface area contributed by atoms with Crippen LogP contribution in [0, 0.1) is 4.77 Å². The lowest BCUT2D eigenvalue weighted by molar-refractivity contribution is 0.738. The minimum atomic E-state index is 0.673. The summed E-state index contributed by atoms with van der Waals surface area (Å²) in [5.41, 5.74) is 2.91. The SMILES string of the molecule is Cn1c(N2CCc3ccccc3CC2)n[nH]c1=S. The van der Waals surface area contributed by atoms with Gasteiger partial charge in [-0.05, 0) is 36.2 Å². The number of fused-ring (bicyclic) bond motifs is 1. The van der Waals surface area contributed by atoms with E-state index in [1.165, 1.54) is 11.1 Å². The van der Waals surface area contributed by atoms with Crippen molar-refractivity contribution in [2.24, 2.45) is 7.05 Å². The molecule has 4 nitrogen and oxygen atoms in total. The summed E-state index contributed by atoms with van der Waals surface area (Å²) in [6.45, 7) is 1.98. The number of rotatable bonds is 1. The van der Waals surface area contributed by atoms with Crippen molar-refractivity contribution in [2.45, 2.75) is 12.8 Å². The van der Waals surface area contributed by atoms with Crippen LogP contribution < -0.4 is 4.90 Å². The molecule has 94 valence electrons. The van der Waals surface area contributed by atoms with E-state index in [4.69, 9.17) is 12.2 Å². The third-order valence-electron chi connectivity index (χ3n) is 3.56. The highest BCUT2D eigenvalue weighted by molar-refractivity contribution is 7.71. The second-order valence-electron chi connectivity index (χ2n) is 4.64. The Balaban J connectivity index is 1.87. The number of benzene rings is 1. The summed E-state index contributed by atoms with van der Waals surface area (Å²) in [4.78, 5) is 2.30. The van der Waals surface area contributed by atoms with Gasteiger partial charge in [0, 0.05) is 20.1 Å². The zero-order valence-electron chi connectivity index (χ0n) is 10.4. The van der Waals surface area contributed by atoms with Crippen LogP contribution >= 0.6 is 12.2 Å². The van der Waals surface area contributed by atoms with E-state index in [9.17, 15) is 0 Å². The number of hydrogen-bond acceptors (Lipinski definition) is 3. The van der Waals surface area contributed by atoms with Crippen LogP contribution in [-0.4, -0.2) is 27.9 Å². The van der Waals surface area contributed by atoms with Crippen LogP contribution in [0.4, 0.5) is 5.95 Å². The van der Waals surface area contributed by atoms with Crippen LogP contribution in [0.15, 0.2) is 24.3 Å². The number of aromatic nitrogens is 3. The van der Waals surface area contributed by atoms with Crippen molar-refractivity contribution in [3.8, 4) is 0 Å². The number of nitrogens with zero attached hydrogens (tertiary/aromatic N) is 3. The minimum Gasteiger partial charge on any atom is -0.340 e. The Labute approximate surface area is 111 Å². The van der Waals surface area contributed by atoms with Gasteiger partial charge in [-0.2, -0.15) is 0 Å². The summed E-state index contributed by atoms with van der Waals surface area (Å²) in [6.07, 6.45) is 2.13. The molecule has 0 amide bonds. The molecule has 0 saturated heterocycles. The van der Waals surface area contributed by atoms with Crippen LogP contribution in [0.1, 0.15) is 11.1 Å². The fourth-order valence-electron chi connectivity index (χ4n) is 2.49. The molecule has 0 saturated carbocycles. The largest absolute Gasteiger partial charge is 0.340 e. The van der Waals surface area contributed by atoms with Gasteiger partial charge in [0.2, 0.25) is 5.95 Å². The predicted molar refractivity (Wildman–Crippen MR) is 74.5 cm³/mol. The van der Waals surface area contributed by atoms with E-state index < -0.39 is 0 Å². The first-order valence-electron chi connectivity index (χ1n) is 6.19. The van der Waals surface area contributed by atoms with E-state index in [-0.39, 0.29) is 0 Å². The Morgan fingerprint density at radius 2 is 1.78 bits per heavy atom. The summed E-state index contributed by atoms with van der Waals surface area (Å²) in [5.74, 6) is 0.938. The third-order valence-corrected chi connectivity index (χ3v) is 3.92. The van der Waals surface area contributed by atoms with E-state index >= 15 is 0 Å². The number of nitrogens with one attached hydrogen (secondary N) is 1. The van der Waals surface area contributed by atoms with E-state index in [1.54, 1.807) is 0 Å². The molecule has 5 heteroatoms. The average molecular weight is 260 g/mol. The quantitative estimate of drug-likeness (QED) is 0.798. The van der Waals surface area contributed by atoms with Crippen LogP contribution in [0.5, 0.6) is 0 Å². The van der Waals surface area contributed by atoms with Crippen LogP contribution in [-0.2, 0) is 19.9 Å². The van der Waals surface area contributed by atoms with E-state index in [2.05, 4.69) is 39.4 Å². The van der Waals surface area contributed by atoms with Crippen molar-refractivity contribution in [1.29, 1.82) is 0 Å². The van der Waals surface area contributed by atoms with Gasteiger partial charge in [0.1, 0.15) is 0 Å². The Hall–Kier alpha value is -1.62. The molecule has 3 rings (SSSR count). The zero-order valence-corrected chi connectivity index (χ0v) is 11.2. The first-order valence-corrected chi connectivity index (χ1v) is 6.59. The molecule has 0 radical (unpaired) electrons. The van der Waals surface area contributed by atoms with Crippen molar-refractivity contribution in [3.63, 3.8) is 0 Å². The van der Waals surface area contributed by atoms with E-state index in [0.29, 0.717) is 4.77 Å². The van der Waals surface area contributed by atoms with Gasteiger partial charge in [0.05, 0.1) is 0 Å². The van der Waals surface area contributed by atoms with Crippen molar-refractivity contribution >= 4 is 18.2 Å². The highest BCUT2D eigenvalue weighted by atomic mass is 32.1. The van der Waals surface area contributed by atoms with Crippen molar-refractivity contribution in [1.82, 2.24) is 14.8 Å². The standard InChI is InChI=1S/C13H16N4S/c1-16-12(14-15-13(16)18)17-8-6-10-4-2-3-5-11(10)7-9-17/h2-5H,6-9H2,1H3,(H,15,18). The molecular weight excluding hydrogens is 244 g/mol.